The lowest BCUT2D eigenvalue weighted by atomic mass is 10.1. The molecule has 0 unspecified atom stereocenters. The van der Waals surface area contributed by atoms with Crippen molar-refractivity contribution < 1.29 is 0 Å². The van der Waals surface area contributed by atoms with Gasteiger partial charge >= 0.3 is 0 Å². The smallest absolute Gasteiger partial charge is 0.0457 e. The molecule has 140 valence electrons. The zero-order chi connectivity index (χ0) is 18.8. The standard InChI is InChI=1S/C25H25N3/c1-2-6-20(7-3-1)21-10-12-23(13-11-21)28-16-14-27(15-17-28)19-22-18-26-25-9-5-4-8-24(22)25/h1-13,18,26H,14-17,19H2. The molecule has 1 N–H and O–H groups in total. The number of H-pyrrole nitrogens is 1. The number of anilines is 1. The average Bonchev–Trinajstić information content (AvgIpc) is 3.18. The normalized spacial score (nSPS) is 15.2. The molecule has 5 rings (SSSR count). The van der Waals surface area contributed by atoms with E-state index in [1.165, 1.54) is 33.3 Å². The molecule has 1 aliphatic rings. The predicted molar refractivity (Wildman–Crippen MR) is 118 cm³/mol. The van der Waals surface area contributed by atoms with Crippen LogP contribution < -0.4 is 4.90 Å². The van der Waals surface area contributed by atoms with Crippen LogP contribution in [0.4, 0.5) is 5.69 Å². The molecule has 0 aliphatic carbocycles. The fraction of sp³-hybridized carbons (Fsp3) is 0.200. The van der Waals surface area contributed by atoms with Crippen molar-refractivity contribution in [3.63, 3.8) is 0 Å². The van der Waals surface area contributed by atoms with Crippen molar-refractivity contribution in [3.8, 4) is 11.1 Å². The quantitative estimate of drug-likeness (QED) is 0.538. The summed E-state index contributed by atoms with van der Waals surface area (Å²) >= 11 is 0. The van der Waals surface area contributed by atoms with E-state index in [0.29, 0.717) is 0 Å². The van der Waals surface area contributed by atoms with Crippen LogP contribution in [0.5, 0.6) is 0 Å². The first-order chi connectivity index (χ1) is 13.9. The Hall–Kier alpha value is -3.04. The molecule has 1 fully saturated rings. The number of benzene rings is 3. The van der Waals surface area contributed by atoms with Crippen molar-refractivity contribution in [2.24, 2.45) is 0 Å². The van der Waals surface area contributed by atoms with Crippen LogP contribution in [0.15, 0.2) is 85.1 Å². The Kier molecular flexibility index (Phi) is 4.59. The molecule has 4 aromatic rings. The van der Waals surface area contributed by atoms with E-state index in [9.17, 15) is 0 Å². The summed E-state index contributed by atoms with van der Waals surface area (Å²) in [4.78, 5) is 8.45. The second kappa shape index (κ2) is 7.53. The number of aromatic amines is 1. The van der Waals surface area contributed by atoms with E-state index >= 15 is 0 Å². The van der Waals surface area contributed by atoms with Gasteiger partial charge in [-0.1, -0.05) is 60.7 Å². The van der Waals surface area contributed by atoms with Gasteiger partial charge in [0.1, 0.15) is 0 Å². The van der Waals surface area contributed by atoms with Gasteiger partial charge in [-0.2, -0.15) is 0 Å². The highest BCUT2D eigenvalue weighted by Crippen LogP contribution is 2.25. The van der Waals surface area contributed by atoms with E-state index in [2.05, 4.69) is 99.8 Å². The van der Waals surface area contributed by atoms with Gasteiger partial charge in [0.25, 0.3) is 0 Å². The van der Waals surface area contributed by atoms with Crippen molar-refractivity contribution >= 4 is 16.6 Å². The van der Waals surface area contributed by atoms with Gasteiger partial charge in [0.05, 0.1) is 0 Å². The maximum absolute atomic E-state index is 3.39. The fourth-order valence-electron chi connectivity index (χ4n) is 4.16. The van der Waals surface area contributed by atoms with E-state index in [1.54, 1.807) is 0 Å². The van der Waals surface area contributed by atoms with E-state index in [0.717, 1.165) is 32.7 Å². The average molecular weight is 367 g/mol. The van der Waals surface area contributed by atoms with E-state index in [4.69, 9.17) is 0 Å². The van der Waals surface area contributed by atoms with Gasteiger partial charge in [0.15, 0.2) is 0 Å². The van der Waals surface area contributed by atoms with Crippen molar-refractivity contribution in [1.29, 1.82) is 0 Å². The largest absolute Gasteiger partial charge is 0.369 e. The molecule has 0 radical (unpaired) electrons. The molecule has 0 amide bonds. The van der Waals surface area contributed by atoms with Gasteiger partial charge < -0.3 is 9.88 Å². The molecule has 0 saturated carbocycles. The maximum Gasteiger partial charge on any atom is 0.0457 e. The molecule has 1 aliphatic heterocycles. The number of hydrogen-bond donors (Lipinski definition) is 1. The Morgan fingerprint density at radius 3 is 2.14 bits per heavy atom. The lowest BCUT2D eigenvalue weighted by Crippen LogP contribution is -2.45. The molecule has 3 aromatic carbocycles. The summed E-state index contributed by atoms with van der Waals surface area (Å²) in [6.45, 7) is 5.37. The van der Waals surface area contributed by atoms with E-state index < -0.39 is 0 Å². The van der Waals surface area contributed by atoms with Crippen LogP contribution in [-0.2, 0) is 6.54 Å². The zero-order valence-corrected chi connectivity index (χ0v) is 16.0. The minimum atomic E-state index is 1.02. The maximum atomic E-state index is 3.39. The van der Waals surface area contributed by atoms with Gasteiger partial charge in [-0.05, 0) is 34.9 Å². The monoisotopic (exact) mass is 367 g/mol. The summed E-state index contributed by atoms with van der Waals surface area (Å²) in [6.07, 6.45) is 2.17. The highest BCUT2D eigenvalue weighted by Gasteiger charge is 2.18. The minimum absolute atomic E-state index is 1.02. The number of nitrogens with one attached hydrogen (secondary N) is 1. The molecule has 0 bridgehead atoms. The first kappa shape index (κ1) is 17.1. The highest BCUT2D eigenvalue weighted by atomic mass is 15.3. The van der Waals surface area contributed by atoms with Crippen LogP contribution in [0.3, 0.4) is 0 Å². The Balaban J connectivity index is 1.22. The van der Waals surface area contributed by atoms with Crippen LogP contribution in [0.2, 0.25) is 0 Å². The predicted octanol–water partition coefficient (Wildman–Crippen LogP) is 5.16. The molecule has 3 heteroatoms. The zero-order valence-electron chi connectivity index (χ0n) is 16.0. The van der Waals surface area contributed by atoms with Crippen LogP contribution in [0.1, 0.15) is 5.56 Å². The summed E-state index contributed by atoms with van der Waals surface area (Å²) in [5, 5.41) is 1.35. The van der Waals surface area contributed by atoms with Gasteiger partial charge in [0.2, 0.25) is 0 Å². The fourth-order valence-corrected chi connectivity index (χ4v) is 4.16. The minimum Gasteiger partial charge on any atom is -0.369 e. The number of rotatable bonds is 4. The molecule has 0 spiro atoms. The molecule has 0 atom stereocenters. The van der Waals surface area contributed by atoms with Gasteiger partial charge in [0, 0.05) is 55.5 Å². The van der Waals surface area contributed by atoms with E-state index in [-0.39, 0.29) is 0 Å². The molecule has 1 saturated heterocycles. The topological polar surface area (TPSA) is 22.3 Å². The summed E-state index contributed by atoms with van der Waals surface area (Å²) in [5.41, 5.74) is 6.51. The number of hydrogen-bond acceptors (Lipinski definition) is 2. The summed E-state index contributed by atoms with van der Waals surface area (Å²) < 4.78 is 0. The Morgan fingerprint density at radius 2 is 1.36 bits per heavy atom. The van der Waals surface area contributed by atoms with Crippen LogP contribution in [0, 0.1) is 0 Å². The van der Waals surface area contributed by atoms with Gasteiger partial charge in [-0.3, -0.25) is 4.90 Å². The summed E-state index contributed by atoms with van der Waals surface area (Å²) in [5.74, 6) is 0. The van der Waals surface area contributed by atoms with Gasteiger partial charge in [-0.25, -0.2) is 0 Å². The lowest BCUT2D eigenvalue weighted by Gasteiger charge is -2.36. The Morgan fingerprint density at radius 1 is 0.679 bits per heavy atom. The molecule has 3 nitrogen and oxygen atoms in total. The van der Waals surface area contributed by atoms with E-state index in [1.807, 2.05) is 0 Å². The number of nitrogens with zero attached hydrogens (tertiary/aromatic N) is 2. The van der Waals surface area contributed by atoms with Crippen LogP contribution in [-0.4, -0.2) is 36.1 Å². The summed E-state index contributed by atoms with van der Waals surface area (Å²) in [6, 6.07) is 28.2. The van der Waals surface area contributed by atoms with Crippen molar-refractivity contribution in [2.45, 2.75) is 6.54 Å². The second-order valence-electron chi connectivity index (χ2n) is 7.54. The highest BCUT2D eigenvalue weighted by molar-refractivity contribution is 5.83. The number of fused-ring (bicyclic) bond motifs is 1. The second-order valence-corrected chi connectivity index (χ2v) is 7.54. The first-order valence-corrected chi connectivity index (χ1v) is 10.0. The Bertz CT molecular complexity index is 1040. The summed E-state index contributed by atoms with van der Waals surface area (Å²) in [7, 11) is 0. The number of para-hydroxylation sites is 1. The lowest BCUT2D eigenvalue weighted by molar-refractivity contribution is 0.250. The SMILES string of the molecule is c1ccc(-c2ccc(N3CCN(Cc4c[nH]c5ccccc45)CC3)cc2)cc1. The number of aromatic nitrogens is 1. The van der Waals surface area contributed by atoms with Crippen molar-refractivity contribution in [1.82, 2.24) is 9.88 Å². The first-order valence-electron chi connectivity index (χ1n) is 10.0. The molecule has 1 aromatic heterocycles. The third-order valence-corrected chi connectivity index (χ3v) is 5.78. The molecular weight excluding hydrogens is 342 g/mol. The molecule has 2 heterocycles. The van der Waals surface area contributed by atoms with Crippen molar-refractivity contribution in [2.75, 3.05) is 31.1 Å². The van der Waals surface area contributed by atoms with Crippen LogP contribution in [0.25, 0.3) is 22.0 Å². The Labute approximate surface area is 166 Å². The number of piperazine rings is 1. The van der Waals surface area contributed by atoms with Gasteiger partial charge in [-0.15, -0.1) is 0 Å². The third-order valence-electron chi connectivity index (χ3n) is 5.78. The molecular formula is C25H25N3. The van der Waals surface area contributed by atoms with Crippen LogP contribution >= 0.6 is 0 Å². The third kappa shape index (κ3) is 3.41. The van der Waals surface area contributed by atoms with Crippen molar-refractivity contribution in [3.05, 3.63) is 90.6 Å². The molecule has 28 heavy (non-hydrogen) atoms.